The monoisotopic (exact) mass is 329 g/mol. The number of aliphatic hydroxyl groups excluding tert-OH is 1. The molecule has 0 radical (unpaired) electrons. The second-order valence-electron chi connectivity index (χ2n) is 4.74. The van der Waals surface area contributed by atoms with Crippen LogP contribution in [0.4, 0.5) is 0 Å². The Bertz CT molecular complexity index is 421. The van der Waals surface area contributed by atoms with Gasteiger partial charge in [-0.25, -0.2) is 0 Å². The number of nitrogens with one attached hydrogen (secondary N) is 1. The van der Waals surface area contributed by atoms with E-state index in [4.69, 9.17) is 9.84 Å². The molecule has 1 amide bonds. The standard InChI is InChI=1S/C14H20BrNO3/c1-10(2)5-6-16-14(18)9-19-13-4-3-11(8-17)7-12(13)15/h3-4,7,10,17H,5-6,8-9H2,1-2H3,(H,16,18). The summed E-state index contributed by atoms with van der Waals surface area (Å²) in [7, 11) is 0. The van der Waals surface area contributed by atoms with Gasteiger partial charge in [0.25, 0.3) is 5.91 Å². The van der Waals surface area contributed by atoms with E-state index < -0.39 is 0 Å². The van der Waals surface area contributed by atoms with E-state index in [2.05, 4.69) is 35.1 Å². The van der Waals surface area contributed by atoms with Crippen molar-refractivity contribution in [1.82, 2.24) is 5.32 Å². The number of carbonyl (C=O) groups excluding carboxylic acids is 1. The average molecular weight is 330 g/mol. The lowest BCUT2D eigenvalue weighted by molar-refractivity contribution is -0.123. The molecule has 0 aliphatic rings. The fraction of sp³-hybridized carbons (Fsp3) is 0.500. The Morgan fingerprint density at radius 3 is 2.79 bits per heavy atom. The fourth-order valence-corrected chi connectivity index (χ4v) is 2.00. The second kappa shape index (κ2) is 8.17. The fourth-order valence-electron chi connectivity index (χ4n) is 1.45. The number of amides is 1. The van der Waals surface area contributed by atoms with Crippen molar-refractivity contribution in [3.63, 3.8) is 0 Å². The molecule has 0 fully saturated rings. The van der Waals surface area contributed by atoms with Crippen LogP contribution in [-0.4, -0.2) is 24.2 Å². The smallest absolute Gasteiger partial charge is 0.257 e. The lowest BCUT2D eigenvalue weighted by Crippen LogP contribution is -2.30. The van der Waals surface area contributed by atoms with Crippen molar-refractivity contribution in [2.75, 3.05) is 13.2 Å². The summed E-state index contributed by atoms with van der Waals surface area (Å²) >= 11 is 3.34. The highest BCUT2D eigenvalue weighted by atomic mass is 79.9. The van der Waals surface area contributed by atoms with E-state index in [1.807, 2.05) is 0 Å². The van der Waals surface area contributed by atoms with Crippen LogP contribution < -0.4 is 10.1 Å². The number of rotatable bonds is 7. The van der Waals surface area contributed by atoms with Gasteiger partial charge in [0.15, 0.2) is 6.61 Å². The molecule has 106 valence electrons. The van der Waals surface area contributed by atoms with Gasteiger partial charge in [0.2, 0.25) is 0 Å². The van der Waals surface area contributed by atoms with Gasteiger partial charge in [0, 0.05) is 6.54 Å². The number of carbonyl (C=O) groups is 1. The summed E-state index contributed by atoms with van der Waals surface area (Å²) in [4.78, 5) is 11.5. The van der Waals surface area contributed by atoms with Crippen LogP contribution in [0.5, 0.6) is 5.75 Å². The van der Waals surface area contributed by atoms with Gasteiger partial charge in [-0.05, 0) is 46.0 Å². The third kappa shape index (κ3) is 6.07. The lowest BCUT2D eigenvalue weighted by atomic mass is 10.1. The predicted octanol–water partition coefficient (Wildman–Crippen LogP) is 2.48. The van der Waals surface area contributed by atoms with Gasteiger partial charge in [0.05, 0.1) is 11.1 Å². The summed E-state index contributed by atoms with van der Waals surface area (Å²) in [5, 5.41) is 11.8. The minimum absolute atomic E-state index is 0.00479. The highest BCUT2D eigenvalue weighted by molar-refractivity contribution is 9.10. The van der Waals surface area contributed by atoms with E-state index in [9.17, 15) is 4.79 Å². The van der Waals surface area contributed by atoms with Gasteiger partial charge in [-0.3, -0.25) is 4.79 Å². The zero-order valence-electron chi connectivity index (χ0n) is 11.3. The number of hydrogen-bond donors (Lipinski definition) is 2. The summed E-state index contributed by atoms with van der Waals surface area (Å²) in [5.74, 6) is 1.04. The summed E-state index contributed by atoms with van der Waals surface area (Å²) in [6.07, 6.45) is 0.959. The molecule has 0 spiro atoms. The third-order valence-electron chi connectivity index (χ3n) is 2.58. The molecule has 0 aromatic heterocycles. The SMILES string of the molecule is CC(C)CCNC(=O)COc1ccc(CO)cc1Br. The zero-order valence-corrected chi connectivity index (χ0v) is 12.9. The zero-order chi connectivity index (χ0) is 14.3. The quantitative estimate of drug-likeness (QED) is 0.808. The average Bonchev–Trinajstić information content (AvgIpc) is 2.36. The maximum absolute atomic E-state index is 11.5. The minimum Gasteiger partial charge on any atom is -0.483 e. The molecular weight excluding hydrogens is 310 g/mol. The van der Waals surface area contributed by atoms with Crippen LogP contribution in [0.25, 0.3) is 0 Å². The number of halogens is 1. The maximum atomic E-state index is 11.5. The van der Waals surface area contributed by atoms with Gasteiger partial charge in [0.1, 0.15) is 5.75 Å². The predicted molar refractivity (Wildman–Crippen MR) is 78.0 cm³/mol. The Morgan fingerprint density at radius 2 is 2.21 bits per heavy atom. The topological polar surface area (TPSA) is 58.6 Å². The summed E-state index contributed by atoms with van der Waals surface area (Å²) < 4.78 is 6.15. The molecule has 0 heterocycles. The first-order chi connectivity index (χ1) is 9.02. The van der Waals surface area contributed by atoms with E-state index in [0.717, 1.165) is 16.5 Å². The molecule has 4 nitrogen and oxygen atoms in total. The molecule has 1 aromatic rings. The van der Waals surface area contributed by atoms with Crippen molar-refractivity contribution in [3.8, 4) is 5.75 Å². The van der Waals surface area contributed by atoms with Crippen molar-refractivity contribution in [3.05, 3.63) is 28.2 Å². The Morgan fingerprint density at radius 1 is 1.47 bits per heavy atom. The number of aliphatic hydroxyl groups is 1. The number of hydrogen-bond acceptors (Lipinski definition) is 3. The summed E-state index contributed by atoms with van der Waals surface area (Å²) in [5.41, 5.74) is 0.792. The van der Waals surface area contributed by atoms with Crippen LogP contribution in [0, 0.1) is 5.92 Å². The highest BCUT2D eigenvalue weighted by Crippen LogP contribution is 2.25. The van der Waals surface area contributed by atoms with Crippen LogP contribution in [0.1, 0.15) is 25.8 Å². The van der Waals surface area contributed by atoms with Crippen LogP contribution in [-0.2, 0) is 11.4 Å². The van der Waals surface area contributed by atoms with Crippen molar-refractivity contribution in [1.29, 1.82) is 0 Å². The van der Waals surface area contributed by atoms with Gasteiger partial charge in [-0.2, -0.15) is 0 Å². The van der Waals surface area contributed by atoms with Crippen molar-refractivity contribution < 1.29 is 14.6 Å². The van der Waals surface area contributed by atoms with Gasteiger partial charge in [-0.15, -0.1) is 0 Å². The molecule has 0 bridgehead atoms. The lowest BCUT2D eigenvalue weighted by Gasteiger charge is -2.10. The van der Waals surface area contributed by atoms with E-state index >= 15 is 0 Å². The number of benzene rings is 1. The molecule has 0 aliphatic carbocycles. The Balaban J connectivity index is 2.37. The van der Waals surface area contributed by atoms with E-state index in [-0.39, 0.29) is 19.1 Å². The molecule has 0 aliphatic heterocycles. The van der Waals surface area contributed by atoms with Crippen LogP contribution in [0.15, 0.2) is 22.7 Å². The first-order valence-electron chi connectivity index (χ1n) is 6.31. The maximum Gasteiger partial charge on any atom is 0.257 e. The van der Waals surface area contributed by atoms with Crippen molar-refractivity contribution >= 4 is 21.8 Å². The van der Waals surface area contributed by atoms with Gasteiger partial charge >= 0.3 is 0 Å². The van der Waals surface area contributed by atoms with Crippen LogP contribution in [0.3, 0.4) is 0 Å². The molecule has 0 saturated heterocycles. The molecule has 0 unspecified atom stereocenters. The van der Waals surface area contributed by atoms with Crippen LogP contribution in [0.2, 0.25) is 0 Å². The first kappa shape index (κ1) is 16.0. The van der Waals surface area contributed by atoms with E-state index in [0.29, 0.717) is 18.2 Å². The van der Waals surface area contributed by atoms with Crippen molar-refractivity contribution in [2.24, 2.45) is 5.92 Å². The molecule has 1 rings (SSSR count). The molecule has 2 N–H and O–H groups in total. The normalized spacial score (nSPS) is 10.6. The Hall–Kier alpha value is -1.07. The van der Waals surface area contributed by atoms with Gasteiger partial charge < -0.3 is 15.2 Å². The molecule has 0 atom stereocenters. The summed E-state index contributed by atoms with van der Waals surface area (Å²) in [6, 6.07) is 5.26. The van der Waals surface area contributed by atoms with Gasteiger partial charge in [-0.1, -0.05) is 19.9 Å². The molecular formula is C14H20BrNO3. The third-order valence-corrected chi connectivity index (χ3v) is 3.20. The molecule has 5 heteroatoms. The molecule has 0 saturated carbocycles. The first-order valence-corrected chi connectivity index (χ1v) is 7.11. The van der Waals surface area contributed by atoms with Crippen molar-refractivity contribution in [2.45, 2.75) is 26.9 Å². The highest BCUT2D eigenvalue weighted by Gasteiger charge is 2.06. The minimum atomic E-state index is -0.126. The second-order valence-corrected chi connectivity index (χ2v) is 5.60. The van der Waals surface area contributed by atoms with Crippen LogP contribution >= 0.6 is 15.9 Å². The summed E-state index contributed by atoms with van der Waals surface area (Å²) in [6.45, 7) is 4.87. The number of ether oxygens (including phenoxy) is 1. The Labute approximate surface area is 122 Å². The van der Waals surface area contributed by atoms with E-state index in [1.165, 1.54) is 0 Å². The molecule has 1 aromatic carbocycles. The molecule has 19 heavy (non-hydrogen) atoms. The Kier molecular flexibility index (Phi) is 6.87. The van der Waals surface area contributed by atoms with E-state index in [1.54, 1.807) is 18.2 Å². The largest absolute Gasteiger partial charge is 0.483 e.